The van der Waals surface area contributed by atoms with Gasteiger partial charge in [0.05, 0.1) is 0 Å². The highest BCUT2D eigenvalue weighted by molar-refractivity contribution is 5.68. The van der Waals surface area contributed by atoms with Crippen molar-refractivity contribution in [2.45, 2.75) is 46.1 Å². The molecule has 0 aromatic rings. The van der Waals surface area contributed by atoms with Gasteiger partial charge < -0.3 is 9.64 Å². The van der Waals surface area contributed by atoms with E-state index in [4.69, 9.17) is 4.74 Å². The van der Waals surface area contributed by atoms with Crippen LogP contribution in [0, 0.1) is 11.8 Å². The molecule has 5 heteroatoms. The summed E-state index contributed by atoms with van der Waals surface area (Å²) in [5, 5.41) is 0. The second-order valence-electron chi connectivity index (χ2n) is 5.75. The lowest BCUT2D eigenvalue weighted by molar-refractivity contribution is 0.0277. The predicted molar refractivity (Wildman–Crippen MR) is 61.1 cm³/mol. The van der Waals surface area contributed by atoms with Gasteiger partial charge in [-0.25, -0.2) is 13.6 Å². The molecule has 1 rings (SSSR count). The lowest BCUT2D eigenvalue weighted by Gasteiger charge is -2.24. The van der Waals surface area contributed by atoms with Crippen molar-refractivity contribution in [3.63, 3.8) is 0 Å². The summed E-state index contributed by atoms with van der Waals surface area (Å²) in [6, 6.07) is 0. The minimum atomic E-state index is -2.30. The van der Waals surface area contributed by atoms with Crippen LogP contribution >= 0.6 is 0 Å². The molecule has 0 aromatic heterocycles. The van der Waals surface area contributed by atoms with E-state index in [2.05, 4.69) is 0 Å². The molecule has 0 spiro atoms. The van der Waals surface area contributed by atoms with Crippen LogP contribution in [-0.2, 0) is 4.74 Å². The number of hydrogen-bond acceptors (Lipinski definition) is 2. The van der Waals surface area contributed by atoms with Crippen molar-refractivity contribution in [2.24, 2.45) is 11.8 Å². The van der Waals surface area contributed by atoms with E-state index in [0.717, 1.165) is 0 Å². The molecule has 0 radical (unpaired) electrons. The molecule has 0 bridgehead atoms. The third-order valence-electron chi connectivity index (χ3n) is 2.90. The van der Waals surface area contributed by atoms with Crippen molar-refractivity contribution >= 4 is 6.09 Å². The first-order valence-electron chi connectivity index (χ1n) is 5.95. The Labute approximate surface area is 101 Å². The molecular weight excluding hydrogens is 228 g/mol. The maximum absolute atomic E-state index is 12.3. The van der Waals surface area contributed by atoms with Gasteiger partial charge >= 0.3 is 6.09 Å². The van der Waals surface area contributed by atoms with Gasteiger partial charge in [-0.3, -0.25) is 0 Å². The minimum Gasteiger partial charge on any atom is -0.444 e. The van der Waals surface area contributed by atoms with Gasteiger partial charge in [0.25, 0.3) is 0 Å². The number of carbonyl (C=O) groups is 1. The van der Waals surface area contributed by atoms with Crippen LogP contribution in [-0.4, -0.2) is 36.1 Å². The summed E-state index contributed by atoms with van der Waals surface area (Å²) in [6.07, 6.45) is -2.84. The van der Waals surface area contributed by atoms with E-state index in [1.54, 1.807) is 20.8 Å². The van der Waals surface area contributed by atoms with Crippen LogP contribution in [0.15, 0.2) is 0 Å². The van der Waals surface area contributed by atoms with Crippen LogP contribution < -0.4 is 0 Å². The van der Waals surface area contributed by atoms with E-state index in [-0.39, 0.29) is 18.3 Å². The third-order valence-corrected chi connectivity index (χ3v) is 2.90. The van der Waals surface area contributed by atoms with Gasteiger partial charge in [0.2, 0.25) is 6.43 Å². The molecule has 1 fully saturated rings. The van der Waals surface area contributed by atoms with Crippen LogP contribution in [0.25, 0.3) is 0 Å². The first-order valence-corrected chi connectivity index (χ1v) is 5.95. The Hall–Kier alpha value is -0.870. The molecule has 100 valence electrons. The fourth-order valence-corrected chi connectivity index (χ4v) is 2.05. The van der Waals surface area contributed by atoms with Crippen molar-refractivity contribution in [1.29, 1.82) is 0 Å². The molecule has 1 saturated heterocycles. The Morgan fingerprint density at radius 1 is 1.41 bits per heavy atom. The van der Waals surface area contributed by atoms with E-state index in [9.17, 15) is 13.6 Å². The van der Waals surface area contributed by atoms with Crippen LogP contribution in [0.5, 0.6) is 0 Å². The fraction of sp³-hybridized carbons (Fsp3) is 0.917. The number of halogens is 2. The number of amides is 1. The molecule has 0 saturated carbocycles. The van der Waals surface area contributed by atoms with Crippen LogP contribution in [0.1, 0.15) is 34.1 Å². The molecule has 17 heavy (non-hydrogen) atoms. The van der Waals surface area contributed by atoms with Crippen LogP contribution in [0.4, 0.5) is 13.6 Å². The summed E-state index contributed by atoms with van der Waals surface area (Å²) >= 11 is 0. The summed E-state index contributed by atoms with van der Waals surface area (Å²) in [7, 11) is 0. The topological polar surface area (TPSA) is 29.5 Å². The maximum Gasteiger partial charge on any atom is 0.410 e. The normalized spacial score (nSPS) is 25.5. The highest BCUT2D eigenvalue weighted by Crippen LogP contribution is 2.29. The van der Waals surface area contributed by atoms with E-state index < -0.39 is 18.1 Å². The van der Waals surface area contributed by atoms with Gasteiger partial charge in [0.1, 0.15) is 5.60 Å². The summed E-state index contributed by atoms with van der Waals surface area (Å²) in [5.74, 6) is -0.0148. The van der Waals surface area contributed by atoms with Gasteiger partial charge in [-0.15, -0.1) is 0 Å². The number of ether oxygens (including phenoxy) is 1. The lowest BCUT2D eigenvalue weighted by Crippen LogP contribution is -2.35. The van der Waals surface area contributed by atoms with Gasteiger partial charge in [-0.1, -0.05) is 6.92 Å². The van der Waals surface area contributed by atoms with Crippen LogP contribution in [0.3, 0.4) is 0 Å². The van der Waals surface area contributed by atoms with E-state index in [1.165, 1.54) is 4.90 Å². The summed E-state index contributed by atoms with van der Waals surface area (Å²) < 4.78 is 29.9. The van der Waals surface area contributed by atoms with Gasteiger partial charge in [-0.2, -0.15) is 0 Å². The summed E-state index contributed by atoms with van der Waals surface area (Å²) in [6.45, 7) is 8.16. The zero-order chi connectivity index (χ0) is 13.2. The number of hydrogen-bond donors (Lipinski definition) is 0. The molecule has 0 aliphatic carbocycles. The number of nitrogens with zero attached hydrogens (tertiary/aromatic N) is 1. The highest BCUT2D eigenvalue weighted by Gasteiger charge is 2.35. The fourth-order valence-electron chi connectivity index (χ4n) is 2.05. The van der Waals surface area contributed by atoms with Gasteiger partial charge in [0.15, 0.2) is 0 Å². The number of alkyl halides is 2. The molecule has 0 aromatic carbocycles. The average molecular weight is 249 g/mol. The van der Waals surface area contributed by atoms with E-state index >= 15 is 0 Å². The standard InChI is InChI=1S/C12H21F2NO2/c1-8-6-15(7-9(8)5-10(13)14)11(16)17-12(2,3)4/h8-10H,5-7H2,1-4H3/t8-,9-/m1/s1. The number of likely N-dealkylation sites (tertiary alicyclic amines) is 1. The number of rotatable bonds is 2. The first-order chi connectivity index (χ1) is 7.69. The lowest BCUT2D eigenvalue weighted by atomic mass is 9.95. The quantitative estimate of drug-likeness (QED) is 0.752. The van der Waals surface area contributed by atoms with E-state index in [0.29, 0.717) is 13.1 Å². The van der Waals surface area contributed by atoms with Crippen molar-refractivity contribution in [3.05, 3.63) is 0 Å². The zero-order valence-corrected chi connectivity index (χ0v) is 10.9. The zero-order valence-electron chi connectivity index (χ0n) is 10.9. The Balaban J connectivity index is 2.51. The second kappa shape index (κ2) is 5.19. The Morgan fingerprint density at radius 2 is 2.00 bits per heavy atom. The molecule has 3 nitrogen and oxygen atoms in total. The van der Waals surface area contributed by atoms with Crippen molar-refractivity contribution in [1.82, 2.24) is 4.90 Å². The monoisotopic (exact) mass is 249 g/mol. The highest BCUT2D eigenvalue weighted by atomic mass is 19.3. The van der Waals surface area contributed by atoms with Gasteiger partial charge in [0, 0.05) is 19.5 Å². The molecule has 1 aliphatic rings. The predicted octanol–water partition coefficient (Wildman–Crippen LogP) is 3.14. The van der Waals surface area contributed by atoms with Crippen molar-refractivity contribution < 1.29 is 18.3 Å². The van der Waals surface area contributed by atoms with E-state index in [1.807, 2.05) is 6.92 Å². The van der Waals surface area contributed by atoms with Crippen molar-refractivity contribution in [2.75, 3.05) is 13.1 Å². The Bertz CT molecular complexity index is 276. The number of carbonyl (C=O) groups excluding carboxylic acids is 1. The van der Waals surface area contributed by atoms with Crippen LogP contribution in [0.2, 0.25) is 0 Å². The molecule has 0 unspecified atom stereocenters. The molecule has 0 N–H and O–H groups in total. The SMILES string of the molecule is C[C@@H]1CN(C(=O)OC(C)(C)C)C[C@H]1CC(F)F. The summed E-state index contributed by atoms with van der Waals surface area (Å²) in [5.41, 5.74) is -0.541. The molecular formula is C12H21F2NO2. The first kappa shape index (κ1) is 14.2. The Morgan fingerprint density at radius 3 is 2.47 bits per heavy atom. The van der Waals surface area contributed by atoms with Gasteiger partial charge in [-0.05, 0) is 32.6 Å². The molecule has 1 heterocycles. The Kier molecular flexibility index (Phi) is 4.33. The molecule has 2 atom stereocenters. The molecule has 1 amide bonds. The third kappa shape index (κ3) is 4.48. The maximum atomic E-state index is 12.3. The minimum absolute atomic E-state index is 0.108. The average Bonchev–Trinajstić information content (AvgIpc) is 2.44. The molecule has 1 aliphatic heterocycles. The van der Waals surface area contributed by atoms with Crippen molar-refractivity contribution in [3.8, 4) is 0 Å². The smallest absolute Gasteiger partial charge is 0.410 e. The second-order valence-corrected chi connectivity index (χ2v) is 5.75. The largest absolute Gasteiger partial charge is 0.444 e. The summed E-state index contributed by atoms with van der Waals surface area (Å²) in [4.78, 5) is 13.3.